The highest BCUT2D eigenvalue weighted by Gasteiger charge is 2.30. The summed E-state index contributed by atoms with van der Waals surface area (Å²) in [6.07, 6.45) is 3.13. The first-order valence-corrected chi connectivity index (χ1v) is 6.06. The smallest absolute Gasteiger partial charge is 0.261 e. The average molecular weight is 245 g/mol. The minimum Gasteiger partial charge on any atom is -0.261 e. The Morgan fingerprint density at radius 3 is 2.29 bits per heavy atom. The molecule has 1 aromatic rings. The van der Waals surface area contributed by atoms with Gasteiger partial charge in [-0.15, -0.1) is 0 Å². The third-order valence-electron chi connectivity index (χ3n) is 2.69. The molecule has 0 fully saturated rings. The molecular weight excluding hydrogens is 227 g/mol. The summed E-state index contributed by atoms with van der Waals surface area (Å²) >= 11 is 0. The van der Waals surface area contributed by atoms with Crippen molar-refractivity contribution in [2.24, 2.45) is 0 Å². The van der Waals surface area contributed by atoms with Gasteiger partial charge in [-0.2, -0.15) is 13.2 Å². The van der Waals surface area contributed by atoms with Crippen molar-refractivity contribution in [1.82, 2.24) is 4.98 Å². The molecule has 0 spiro atoms. The molecule has 0 aliphatic rings. The fourth-order valence-electron chi connectivity index (χ4n) is 1.65. The Morgan fingerprint density at radius 1 is 1.06 bits per heavy atom. The third kappa shape index (κ3) is 5.20. The molecule has 1 nitrogen and oxygen atoms in total. The molecule has 0 saturated carbocycles. The Bertz CT molecular complexity index is 316. The summed E-state index contributed by atoms with van der Waals surface area (Å²) in [4.78, 5) is 3.84. The first-order chi connectivity index (χ1) is 8.04. The molecule has 1 rings (SSSR count). The van der Waals surface area contributed by atoms with Crippen LogP contribution in [0.1, 0.15) is 50.3 Å². The van der Waals surface area contributed by atoms with Crippen molar-refractivity contribution in [3.8, 4) is 0 Å². The minimum atomic E-state index is -4.29. The zero-order chi connectivity index (χ0) is 12.7. The number of nitrogens with zero attached hydrogens (tertiary/aromatic N) is 1. The van der Waals surface area contributed by atoms with Gasteiger partial charge in [0.25, 0.3) is 0 Å². The van der Waals surface area contributed by atoms with E-state index in [0.717, 1.165) is 37.2 Å². The highest BCUT2D eigenvalue weighted by atomic mass is 19.4. The van der Waals surface area contributed by atoms with Crippen molar-refractivity contribution < 1.29 is 13.2 Å². The van der Waals surface area contributed by atoms with Crippen molar-refractivity contribution in [3.63, 3.8) is 0 Å². The van der Waals surface area contributed by atoms with Crippen LogP contribution in [0.5, 0.6) is 0 Å². The summed E-state index contributed by atoms with van der Waals surface area (Å²) in [5.41, 5.74) is 0.0710. The van der Waals surface area contributed by atoms with Crippen LogP contribution in [0.4, 0.5) is 13.2 Å². The Labute approximate surface area is 100 Å². The lowest BCUT2D eigenvalue weighted by atomic mass is 10.1. The summed E-state index contributed by atoms with van der Waals surface area (Å²) in [5, 5.41) is 0. The van der Waals surface area contributed by atoms with Crippen molar-refractivity contribution in [1.29, 1.82) is 0 Å². The topological polar surface area (TPSA) is 12.9 Å². The maximum absolute atomic E-state index is 12.3. The highest BCUT2D eigenvalue weighted by Crippen LogP contribution is 2.28. The van der Waals surface area contributed by atoms with Crippen molar-refractivity contribution in [2.75, 3.05) is 0 Å². The molecule has 0 aliphatic carbocycles. The molecule has 0 aromatic carbocycles. The molecule has 0 aliphatic heterocycles. The molecule has 0 saturated heterocycles. The number of aryl methyl sites for hydroxylation is 1. The van der Waals surface area contributed by atoms with Crippen molar-refractivity contribution in [3.05, 3.63) is 29.6 Å². The zero-order valence-corrected chi connectivity index (χ0v) is 10.1. The Morgan fingerprint density at radius 2 is 1.76 bits per heavy atom. The minimum absolute atomic E-state index is 0.674. The largest absolute Gasteiger partial charge is 0.417 e. The van der Waals surface area contributed by atoms with Gasteiger partial charge in [0.05, 0.1) is 5.56 Å². The van der Waals surface area contributed by atoms with E-state index in [2.05, 4.69) is 11.9 Å². The number of pyridine rings is 1. The summed E-state index contributed by atoms with van der Waals surface area (Å²) in [7, 11) is 0. The maximum Gasteiger partial charge on any atom is 0.417 e. The van der Waals surface area contributed by atoms with Gasteiger partial charge in [0, 0.05) is 11.9 Å². The number of halogens is 3. The summed E-state index contributed by atoms with van der Waals surface area (Å²) in [5.74, 6) is 0. The number of aromatic nitrogens is 1. The van der Waals surface area contributed by atoms with Gasteiger partial charge in [0.2, 0.25) is 0 Å². The molecule has 96 valence electrons. The van der Waals surface area contributed by atoms with Crippen LogP contribution in [0.2, 0.25) is 0 Å². The van der Waals surface area contributed by atoms with Crippen molar-refractivity contribution >= 4 is 0 Å². The lowest BCUT2D eigenvalue weighted by Crippen LogP contribution is -2.05. The average Bonchev–Trinajstić information content (AvgIpc) is 2.28. The van der Waals surface area contributed by atoms with E-state index in [1.54, 1.807) is 0 Å². The lowest BCUT2D eigenvalue weighted by Gasteiger charge is -2.06. The zero-order valence-electron chi connectivity index (χ0n) is 10.1. The molecule has 4 heteroatoms. The molecule has 0 radical (unpaired) electrons. The molecule has 0 N–H and O–H groups in total. The van der Waals surface area contributed by atoms with Gasteiger partial charge in [0.1, 0.15) is 0 Å². The quantitative estimate of drug-likeness (QED) is 0.667. The monoisotopic (exact) mass is 245 g/mol. The second kappa shape index (κ2) is 6.62. The summed E-state index contributed by atoms with van der Waals surface area (Å²) < 4.78 is 36.8. The normalized spacial score (nSPS) is 11.8. The van der Waals surface area contributed by atoms with Crippen LogP contribution in [0.3, 0.4) is 0 Å². The van der Waals surface area contributed by atoms with Crippen LogP contribution in [0.15, 0.2) is 18.3 Å². The van der Waals surface area contributed by atoms with E-state index in [4.69, 9.17) is 0 Å². The van der Waals surface area contributed by atoms with Gasteiger partial charge in [0.15, 0.2) is 0 Å². The third-order valence-corrected chi connectivity index (χ3v) is 2.69. The van der Waals surface area contributed by atoms with E-state index in [1.807, 2.05) is 0 Å². The molecule has 0 atom stereocenters. The Kier molecular flexibility index (Phi) is 5.45. The second-order valence-corrected chi connectivity index (χ2v) is 4.20. The molecular formula is C13H18F3N. The van der Waals surface area contributed by atoms with Crippen LogP contribution in [0, 0.1) is 0 Å². The van der Waals surface area contributed by atoms with E-state index < -0.39 is 11.7 Å². The second-order valence-electron chi connectivity index (χ2n) is 4.20. The van der Waals surface area contributed by atoms with Crippen LogP contribution in [0.25, 0.3) is 0 Å². The first kappa shape index (κ1) is 14.0. The molecule has 17 heavy (non-hydrogen) atoms. The van der Waals surface area contributed by atoms with Gasteiger partial charge >= 0.3 is 6.18 Å². The van der Waals surface area contributed by atoms with Gasteiger partial charge < -0.3 is 0 Å². The summed E-state index contributed by atoms with van der Waals surface area (Å²) in [6.45, 7) is 2.15. The predicted molar refractivity (Wildman–Crippen MR) is 61.7 cm³/mol. The highest BCUT2D eigenvalue weighted by molar-refractivity contribution is 5.16. The SMILES string of the molecule is CCCCCCCc1ccc(C(F)(F)F)cn1. The summed E-state index contributed by atoms with van der Waals surface area (Å²) in [6, 6.07) is 2.58. The first-order valence-electron chi connectivity index (χ1n) is 6.06. The van der Waals surface area contributed by atoms with Crippen LogP contribution >= 0.6 is 0 Å². The molecule has 0 unspecified atom stereocenters. The standard InChI is InChI=1S/C13H18F3N/c1-2-3-4-5-6-7-12-9-8-11(10-17-12)13(14,15)16/h8-10H,2-7H2,1H3. The number of rotatable bonds is 6. The van der Waals surface area contributed by atoms with E-state index in [0.29, 0.717) is 0 Å². The molecule has 1 aromatic heterocycles. The fourth-order valence-corrected chi connectivity index (χ4v) is 1.65. The van der Waals surface area contributed by atoms with Crippen LogP contribution < -0.4 is 0 Å². The van der Waals surface area contributed by atoms with E-state index in [-0.39, 0.29) is 0 Å². The molecule has 0 bridgehead atoms. The number of hydrogen-bond acceptors (Lipinski definition) is 1. The van der Waals surface area contributed by atoms with Gasteiger partial charge in [-0.05, 0) is 25.0 Å². The van der Waals surface area contributed by atoms with E-state index in [1.165, 1.54) is 25.3 Å². The van der Waals surface area contributed by atoms with Crippen molar-refractivity contribution in [2.45, 2.75) is 51.6 Å². The lowest BCUT2D eigenvalue weighted by molar-refractivity contribution is -0.137. The van der Waals surface area contributed by atoms with Crippen LogP contribution in [-0.2, 0) is 12.6 Å². The van der Waals surface area contributed by atoms with Gasteiger partial charge in [-0.3, -0.25) is 4.98 Å². The van der Waals surface area contributed by atoms with E-state index in [9.17, 15) is 13.2 Å². The van der Waals surface area contributed by atoms with Gasteiger partial charge in [-0.1, -0.05) is 32.6 Å². The Balaban J connectivity index is 2.36. The molecule has 1 heterocycles. The van der Waals surface area contributed by atoms with Crippen LogP contribution in [-0.4, -0.2) is 4.98 Å². The Hall–Kier alpha value is -1.06. The predicted octanol–water partition coefficient (Wildman–Crippen LogP) is 4.61. The number of hydrogen-bond donors (Lipinski definition) is 0. The fraction of sp³-hybridized carbons (Fsp3) is 0.615. The number of alkyl halides is 3. The van der Waals surface area contributed by atoms with E-state index >= 15 is 0 Å². The maximum atomic E-state index is 12.3. The molecule has 0 amide bonds. The van der Waals surface area contributed by atoms with Gasteiger partial charge in [-0.25, -0.2) is 0 Å². The number of unbranched alkanes of at least 4 members (excludes halogenated alkanes) is 4.